The van der Waals surface area contributed by atoms with E-state index in [4.69, 9.17) is 4.74 Å². The van der Waals surface area contributed by atoms with E-state index in [1.54, 1.807) is 11.2 Å². The van der Waals surface area contributed by atoms with E-state index < -0.39 is 35.6 Å². The third kappa shape index (κ3) is 9.70. The fourth-order valence-electron chi connectivity index (χ4n) is 4.37. The molecule has 3 amide bonds. The zero-order chi connectivity index (χ0) is 29.8. The topological polar surface area (TPSA) is 133 Å². The molecule has 1 heterocycles. The first-order valence-corrected chi connectivity index (χ1v) is 13.4. The van der Waals surface area contributed by atoms with Crippen LogP contribution in [0.5, 0.6) is 0 Å². The molecule has 3 rings (SSSR count). The number of amides is 3. The highest BCUT2D eigenvalue weighted by atomic mass is 16.5. The first kappa shape index (κ1) is 31.3. The number of hydrazine groups is 1. The predicted molar refractivity (Wildman–Crippen MR) is 156 cm³/mol. The average molecular weight is 562 g/mol. The molecule has 3 atom stereocenters. The number of benzene rings is 2. The van der Waals surface area contributed by atoms with Gasteiger partial charge in [-0.2, -0.15) is 0 Å². The fourth-order valence-corrected chi connectivity index (χ4v) is 4.37. The van der Waals surface area contributed by atoms with E-state index >= 15 is 0 Å². The molecule has 2 aromatic carbocycles. The van der Waals surface area contributed by atoms with Gasteiger partial charge in [-0.3, -0.25) is 20.0 Å². The van der Waals surface area contributed by atoms with Crippen LogP contribution in [-0.2, 0) is 27.3 Å². The maximum absolute atomic E-state index is 13.5. The lowest BCUT2D eigenvalue weighted by atomic mass is 9.86. The van der Waals surface area contributed by atoms with Gasteiger partial charge in [-0.1, -0.05) is 81.4 Å². The molecule has 0 saturated heterocycles. The van der Waals surface area contributed by atoms with E-state index in [2.05, 4.69) is 21.0 Å². The highest BCUT2D eigenvalue weighted by Gasteiger charge is 2.34. The van der Waals surface area contributed by atoms with Crippen molar-refractivity contribution < 1.29 is 24.2 Å². The van der Waals surface area contributed by atoms with Gasteiger partial charge in [-0.15, -0.1) is 0 Å². The lowest BCUT2D eigenvalue weighted by molar-refractivity contribution is -0.131. The maximum atomic E-state index is 13.5. The zero-order valence-electron chi connectivity index (χ0n) is 23.9. The molecule has 0 saturated carbocycles. The largest absolute Gasteiger partial charge is 0.453 e. The van der Waals surface area contributed by atoms with E-state index in [0.717, 1.165) is 22.4 Å². The normalized spacial score (nSPS) is 13.5. The Hall–Kier alpha value is -4.28. The highest BCUT2D eigenvalue weighted by Crippen LogP contribution is 2.21. The Kier molecular flexibility index (Phi) is 11.4. The van der Waals surface area contributed by atoms with Crippen molar-refractivity contribution in [3.63, 3.8) is 0 Å². The maximum Gasteiger partial charge on any atom is 0.407 e. The molecule has 0 unspecified atom stereocenters. The first-order valence-electron chi connectivity index (χ1n) is 13.4. The smallest absolute Gasteiger partial charge is 0.407 e. The number of nitrogens with one attached hydrogen (secondary N) is 3. The van der Waals surface area contributed by atoms with Gasteiger partial charge in [-0.25, -0.2) is 9.80 Å². The number of nitrogens with zero attached hydrogens (tertiary/aromatic N) is 2. The molecule has 4 N–H and O–H groups in total. The quantitative estimate of drug-likeness (QED) is 0.186. The average Bonchev–Trinajstić information content (AvgIpc) is 2.96. The van der Waals surface area contributed by atoms with Gasteiger partial charge >= 0.3 is 6.09 Å². The summed E-state index contributed by atoms with van der Waals surface area (Å²) in [5.74, 6) is -0.469. The number of carbonyl (C=O) groups excluding carboxylic acids is 3. The lowest BCUT2D eigenvalue weighted by Crippen LogP contribution is -2.59. The Morgan fingerprint density at radius 2 is 1.68 bits per heavy atom. The van der Waals surface area contributed by atoms with Gasteiger partial charge in [0.1, 0.15) is 6.04 Å². The minimum atomic E-state index is -1.03. The summed E-state index contributed by atoms with van der Waals surface area (Å²) in [6.45, 7) is 5.73. The van der Waals surface area contributed by atoms with E-state index in [1.165, 1.54) is 7.11 Å². The molecule has 0 aliphatic heterocycles. The van der Waals surface area contributed by atoms with Crippen molar-refractivity contribution in [1.82, 2.24) is 26.1 Å². The molecule has 0 aliphatic rings. The Bertz CT molecular complexity index is 1250. The van der Waals surface area contributed by atoms with Gasteiger partial charge in [0, 0.05) is 24.8 Å². The molecule has 0 aliphatic carbocycles. The summed E-state index contributed by atoms with van der Waals surface area (Å²) in [6, 6.07) is 21.4. The van der Waals surface area contributed by atoms with E-state index in [0.29, 0.717) is 12.8 Å². The Balaban J connectivity index is 1.83. The molecule has 10 heteroatoms. The number of aliphatic hydroxyl groups is 1. The number of aromatic nitrogens is 1. The number of carbonyl (C=O) groups is 3. The fraction of sp³-hybridized carbons (Fsp3) is 0.355. The van der Waals surface area contributed by atoms with Crippen LogP contribution >= 0.6 is 0 Å². The molecule has 41 heavy (non-hydrogen) atoms. The van der Waals surface area contributed by atoms with Crippen molar-refractivity contribution in [2.45, 2.75) is 51.9 Å². The Morgan fingerprint density at radius 1 is 1.00 bits per heavy atom. The summed E-state index contributed by atoms with van der Waals surface area (Å²) in [4.78, 5) is 41.2. The summed E-state index contributed by atoms with van der Waals surface area (Å²) < 4.78 is 4.72. The number of methoxy groups -OCH3 is 1. The molecule has 0 spiro atoms. The third-order valence-electron chi connectivity index (χ3n) is 6.58. The van der Waals surface area contributed by atoms with Crippen LogP contribution in [0.2, 0.25) is 0 Å². The second-order valence-corrected chi connectivity index (χ2v) is 10.9. The lowest BCUT2D eigenvalue weighted by Gasteiger charge is -2.34. The molecule has 0 radical (unpaired) electrons. The second-order valence-electron chi connectivity index (χ2n) is 10.9. The van der Waals surface area contributed by atoms with Crippen LogP contribution in [0.15, 0.2) is 79.0 Å². The number of ether oxygens (including phenoxy) is 1. The van der Waals surface area contributed by atoms with Crippen molar-refractivity contribution in [3.8, 4) is 11.3 Å². The van der Waals surface area contributed by atoms with Crippen molar-refractivity contribution in [2.24, 2.45) is 5.41 Å². The highest BCUT2D eigenvalue weighted by molar-refractivity contribution is 5.86. The minimum Gasteiger partial charge on any atom is -0.453 e. The molecule has 10 nitrogen and oxygen atoms in total. The summed E-state index contributed by atoms with van der Waals surface area (Å²) in [7, 11) is 1.23. The Labute approximate surface area is 241 Å². The Morgan fingerprint density at radius 3 is 2.27 bits per heavy atom. The van der Waals surface area contributed by atoms with Gasteiger partial charge in [0.25, 0.3) is 5.91 Å². The molecule has 3 aromatic rings. The third-order valence-corrected chi connectivity index (χ3v) is 6.58. The van der Waals surface area contributed by atoms with E-state index in [1.807, 2.05) is 93.6 Å². The van der Waals surface area contributed by atoms with Gasteiger partial charge in [0.15, 0.2) is 0 Å². The summed E-state index contributed by atoms with van der Waals surface area (Å²) >= 11 is 0. The molecular formula is C31H39N5O5. The van der Waals surface area contributed by atoms with Crippen LogP contribution in [0.25, 0.3) is 11.3 Å². The van der Waals surface area contributed by atoms with Gasteiger partial charge < -0.3 is 20.5 Å². The predicted octanol–water partition coefficient (Wildman–Crippen LogP) is 3.07. The molecule has 0 fully saturated rings. The molecule has 0 bridgehead atoms. The summed E-state index contributed by atoms with van der Waals surface area (Å²) in [6.07, 6.45) is 0.932. The zero-order valence-corrected chi connectivity index (χ0v) is 23.9. The van der Waals surface area contributed by atoms with Crippen molar-refractivity contribution >= 4 is 18.4 Å². The number of pyridine rings is 1. The van der Waals surface area contributed by atoms with Crippen molar-refractivity contribution in [1.29, 1.82) is 0 Å². The van der Waals surface area contributed by atoms with E-state index in [9.17, 15) is 19.5 Å². The van der Waals surface area contributed by atoms with Crippen LogP contribution < -0.4 is 16.1 Å². The molecule has 218 valence electrons. The standard InChI is InChI=1S/C31H39N5O5/c1-31(2,3)28(34-30(40)41-4)29(39)35-36(19-23-13-15-24(16-14-23)25-12-8-9-17-32-25)20-27(38)26(33-21-37)18-22-10-6-5-7-11-22/h5-17,21,26-28,38H,18-20H2,1-4H3,(H,33,37)(H,34,40)(H,35,39)/t26-,27+,28+/m0/s1. The van der Waals surface area contributed by atoms with Crippen LogP contribution in [0.4, 0.5) is 4.79 Å². The van der Waals surface area contributed by atoms with E-state index in [-0.39, 0.29) is 13.1 Å². The van der Waals surface area contributed by atoms with Crippen LogP contribution in [-0.4, -0.2) is 65.4 Å². The SMILES string of the molecule is COC(=O)N[C@H](C(=O)NN(Cc1ccc(-c2ccccn2)cc1)C[C@@H](O)[C@H](Cc1ccccc1)NC=O)C(C)(C)C. The van der Waals surface area contributed by atoms with Crippen molar-refractivity contribution in [3.05, 3.63) is 90.1 Å². The van der Waals surface area contributed by atoms with Crippen molar-refractivity contribution in [2.75, 3.05) is 13.7 Å². The number of hydrogen-bond acceptors (Lipinski definition) is 7. The van der Waals surface area contributed by atoms with Crippen LogP contribution in [0.3, 0.4) is 0 Å². The van der Waals surface area contributed by atoms with Gasteiger partial charge in [-0.05, 0) is 35.1 Å². The second kappa shape index (κ2) is 14.9. The summed E-state index contributed by atoms with van der Waals surface area (Å²) in [5.41, 5.74) is 5.83. The summed E-state index contributed by atoms with van der Waals surface area (Å²) in [5, 5.41) is 18.1. The number of aliphatic hydroxyl groups excluding tert-OH is 1. The monoisotopic (exact) mass is 561 g/mol. The van der Waals surface area contributed by atoms with Crippen LogP contribution in [0, 0.1) is 5.41 Å². The number of alkyl carbamates (subject to hydrolysis) is 1. The van der Waals surface area contributed by atoms with Crippen LogP contribution in [0.1, 0.15) is 31.9 Å². The number of rotatable bonds is 13. The van der Waals surface area contributed by atoms with Gasteiger partial charge in [0.05, 0.1) is 24.9 Å². The van der Waals surface area contributed by atoms with Gasteiger partial charge in [0.2, 0.25) is 6.41 Å². The minimum absolute atomic E-state index is 0.00115. The molecule has 1 aromatic heterocycles. The first-order chi connectivity index (χ1) is 19.6. The number of hydrogen-bond donors (Lipinski definition) is 4. The molecular weight excluding hydrogens is 522 g/mol.